The monoisotopic (exact) mass is 479 g/mol. The molecule has 1 N–H and O–H groups in total. The van der Waals surface area contributed by atoms with Crippen molar-refractivity contribution in [2.45, 2.75) is 38.3 Å². The molecular weight excluding hydrogens is 458 g/mol. The second-order valence-corrected chi connectivity index (χ2v) is 9.96. The molecule has 1 spiro atoms. The Balaban J connectivity index is 1.56. The van der Waals surface area contributed by atoms with Crippen LogP contribution in [0.15, 0.2) is 40.9 Å². The van der Waals surface area contributed by atoms with Crippen molar-refractivity contribution in [3.8, 4) is 0 Å². The number of hydrogen-bond acceptors (Lipinski definition) is 4. The molecule has 6 nitrogen and oxygen atoms in total. The van der Waals surface area contributed by atoms with E-state index in [1.165, 1.54) is 4.90 Å². The number of anilines is 2. The van der Waals surface area contributed by atoms with Gasteiger partial charge in [0.15, 0.2) is 0 Å². The number of aryl methyl sites for hydroxylation is 1. The number of benzene rings is 2. The number of fused-ring (bicyclic) bond motifs is 7. The molecule has 0 aromatic heterocycles. The summed E-state index contributed by atoms with van der Waals surface area (Å²) in [6.07, 6.45) is 1.74. The van der Waals surface area contributed by atoms with Crippen molar-refractivity contribution in [3.63, 3.8) is 0 Å². The molecule has 6 rings (SSSR count). The standard InChI is InChI=1S/C24H22BrN3O3/c1-12-5-10-16-20(13(12)2)26-23(31)24(16)19-18(17-4-3-11-27(17)24)21(29)28(22(19)30)15-8-6-14(25)7-9-15/h5-10,17-19H,3-4,11H2,1-2H3,(H,26,31)/t17-,18+,19+,24+/m1/s1. The first-order chi connectivity index (χ1) is 14.9. The van der Waals surface area contributed by atoms with Gasteiger partial charge in [0.25, 0.3) is 0 Å². The minimum Gasteiger partial charge on any atom is -0.324 e. The number of nitrogens with zero attached hydrogens (tertiary/aromatic N) is 2. The van der Waals surface area contributed by atoms with Gasteiger partial charge < -0.3 is 5.32 Å². The highest BCUT2D eigenvalue weighted by atomic mass is 79.9. The van der Waals surface area contributed by atoms with E-state index in [1.807, 2.05) is 38.1 Å². The van der Waals surface area contributed by atoms with Gasteiger partial charge in [0.1, 0.15) is 5.54 Å². The first kappa shape index (κ1) is 19.2. The molecule has 0 unspecified atom stereocenters. The van der Waals surface area contributed by atoms with E-state index >= 15 is 0 Å². The lowest BCUT2D eigenvalue weighted by Crippen LogP contribution is -2.54. The topological polar surface area (TPSA) is 69.7 Å². The van der Waals surface area contributed by atoms with E-state index in [9.17, 15) is 14.4 Å². The van der Waals surface area contributed by atoms with E-state index < -0.39 is 17.4 Å². The van der Waals surface area contributed by atoms with Gasteiger partial charge in [0, 0.05) is 21.8 Å². The Morgan fingerprint density at radius 1 is 1.03 bits per heavy atom. The van der Waals surface area contributed by atoms with Crippen LogP contribution >= 0.6 is 15.9 Å². The third-order valence-electron chi connectivity index (χ3n) is 7.78. The average molecular weight is 480 g/mol. The van der Waals surface area contributed by atoms with Crippen LogP contribution in [0.1, 0.15) is 29.5 Å². The molecule has 2 aromatic rings. The fourth-order valence-corrected chi connectivity index (χ4v) is 6.63. The van der Waals surface area contributed by atoms with E-state index in [0.717, 1.165) is 46.2 Å². The van der Waals surface area contributed by atoms with E-state index in [0.29, 0.717) is 5.69 Å². The van der Waals surface area contributed by atoms with Crippen molar-refractivity contribution >= 4 is 45.0 Å². The maximum Gasteiger partial charge on any atom is 0.250 e. The number of halogens is 1. The number of amides is 3. The molecule has 0 bridgehead atoms. The molecular formula is C24H22BrN3O3. The summed E-state index contributed by atoms with van der Waals surface area (Å²) in [7, 11) is 0. The van der Waals surface area contributed by atoms with Crippen molar-refractivity contribution in [1.82, 2.24) is 4.90 Å². The molecule has 0 saturated carbocycles. The van der Waals surface area contributed by atoms with Crippen LogP contribution in [0.3, 0.4) is 0 Å². The van der Waals surface area contributed by atoms with E-state index in [4.69, 9.17) is 0 Å². The Labute approximate surface area is 188 Å². The molecule has 0 aliphatic carbocycles. The summed E-state index contributed by atoms with van der Waals surface area (Å²) < 4.78 is 0.879. The summed E-state index contributed by atoms with van der Waals surface area (Å²) in [5, 5.41) is 3.09. The summed E-state index contributed by atoms with van der Waals surface area (Å²) >= 11 is 3.41. The Bertz CT molecular complexity index is 1180. The number of rotatable bonds is 1. The molecule has 0 radical (unpaired) electrons. The maximum atomic E-state index is 13.9. The Morgan fingerprint density at radius 3 is 2.52 bits per heavy atom. The lowest BCUT2D eigenvalue weighted by molar-refractivity contribution is -0.135. The summed E-state index contributed by atoms with van der Waals surface area (Å²) in [5.74, 6) is -1.84. The molecule has 7 heteroatoms. The van der Waals surface area contributed by atoms with Crippen molar-refractivity contribution in [2.24, 2.45) is 11.8 Å². The minimum atomic E-state index is -1.11. The fraction of sp³-hybridized carbons (Fsp3) is 0.375. The highest BCUT2D eigenvalue weighted by Gasteiger charge is 2.74. The number of hydrogen-bond donors (Lipinski definition) is 1. The third-order valence-corrected chi connectivity index (χ3v) is 8.31. The summed E-state index contributed by atoms with van der Waals surface area (Å²) in [6.45, 7) is 4.73. The molecule has 3 fully saturated rings. The van der Waals surface area contributed by atoms with Crippen LogP contribution in [0.25, 0.3) is 0 Å². The Morgan fingerprint density at radius 2 is 1.77 bits per heavy atom. The zero-order chi connectivity index (χ0) is 21.7. The van der Waals surface area contributed by atoms with E-state index in [-0.39, 0.29) is 23.8 Å². The number of carbonyl (C=O) groups is 3. The molecule has 2 aromatic carbocycles. The average Bonchev–Trinajstić information content (AvgIpc) is 3.45. The predicted octanol–water partition coefficient (Wildman–Crippen LogP) is 3.50. The summed E-state index contributed by atoms with van der Waals surface area (Å²) in [4.78, 5) is 44.7. The van der Waals surface area contributed by atoms with Crippen LogP contribution in [-0.4, -0.2) is 35.2 Å². The Hall–Kier alpha value is -2.51. The van der Waals surface area contributed by atoms with Gasteiger partial charge in [-0.05, 0) is 68.6 Å². The number of imide groups is 1. The molecule has 158 valence electrons. The molecule has 4 atom stereocenters. The van der Waals surface area contributed by atoms with Crippen LogP contribution in [0.2, 0.25) is 0 Å². The van der Waals surface area contributed by atoms with Gasteiger partial charge in [-0.2, -0.15) is 0 Å². The first-order valence-electron chi connectivity index (χ1n) is 10.7. The van der Waals surface area contributed by atoms with Crippen LogP contribution in [-0.2, 0) is 19.9 Å². The SMILES string of the molecule is Cc1ccc2c(c1C)NC(=O)[C@@]21[C@@H]2C(=O)N(c3ccc(Br)cc3)C(=O)[C@H]2[C@H]2CCCN21. The molecule has 3 saturated heterocycles. The predicted molar refractivity (Wildman–Crippen MR) is 120 cm³/mol. The van der Waals surface area contributed by atoms with Crippen molar-refractivity contribution in [1.29, 1.82) is 0 Å². The van der Waals surface area contributed by atoms with Crippen molar-refractivity contribution < 1.29 is 14.4 Å². The van der Waals surface area contributed by atoms with E-state index in [2.05, 4.69) is 26.1 Å². The van der Waals surface area contributed by atoms with Gasteiger partial charge >= 0.3 is 0 Å². The van der Waals surface area contributed by atoms with Gasteiger partial charge in [-0.25, -0.2) is 4.90 Å². The zero-order valence-corrected chi connectivity index (χ0v) is 18.9. The highest BCUT2D eigenvalue weighted by molar-refractivity contribution is 9.10. The van der Waals surface area contributed by atoms with Gasteiger partial charge in [-0.3, -0.25) is 19.3 Å². The maximum absolute atomic E-state index is 13.9. The van der Waals surface area contributed by atoms with Gasteiger partial charge in [0.2, 0.25) is 17.7 Å². The van der Waals surface area contributed by atoms with E-state index in [1.54, 1.807) is 12.1 Å². The summed E-state index contributed by atoms with van der Waals surface area (Å²) in [6, 6.07) is 11.1. The van der Waals surface area contributed by atoms with Crippen molar-refractivity contribution in [2.75, 3.05) is 16.8 Å². The number of carbonyl (C=O) groups excluding carboxylic acids is 3. The first-order valence-corrected chi connectivity index (χ1v) is 11.5. The van der Waals surface area contributed by atoms with Crippen LogP contribution < -0.4 is 10.2 Å². The summed E-state index contributed by atoms with van der Waals surface area (Å²) in [5.41, 5.74) is 3.21. The quantitative estimate of drug-likeness (QED) is 0.635. The molecule has 3 amide bonds. The highest BCUT2D eigenvalue weighted by Crippen LogP contribution is 2.61. The second-order valence-electron chi connectivity index (χ2n) is 9.05. The normalized spacial score (nSPS) is 31.4. The van der Waals surface area contributed by atoms with Gasteiger partial charge in [0.05, 0.1) is 17.5 Å². The third kappa shape index (κ3) is 2.18. The smallest absolute Gasteiger partial charge is 0.250 e. The molecule has 4 aliphatic heterocycles. The molecule has 4 heterocycles. The second kappa shape index (κ2) is 6.26. The van der Waals surface area contributed by atoms with Gasteiger partial charge in [-0.15, -0.1) is 0 Å². The van der Waals surface area contributed by atoms with Crippen LogP contribution in [0.5, 0.6) is 0 Å². The zero-order valence-electron chi connectivity index (χ0n) is 17.3. The number of nitrogens with one attached hydrogen (secondary N) is 1. The molecule has 4 aliphatic rings. The van der Waals surface area contributed by atoms with Gasteiger partial charge in [-0.1, -0.05) is 28.1 Å². The largest absolute Gasteiger partial charge is 0.324 e. The minimum absolute atomic E-state index is 0.0970. The lowest BCUT2D eigenvalue weighted by Gasteiger charge is -2.36. The lowest BCUT2D eigenvalue weighted by atomic mass is 9.75. The fourth-order valence-electron chi connectivity index (χ4n) is 6.36. The Kier molecular flexibility index (Phi) is 3.88. The van der Waals surface area contributed by atoms with Crippen molar-refractivity contribution in [3.05, 3.63) is 57.6 Å². The molecule has 31 heavy (non-hydrogen) atoms. The van der Waals surface area contributed by atoms with Crippen LogP contribution in [0, 0.1) is 25.7 Å². The van der Waals surface area contributed by atoms with Crippen LogP contribution in [0.4, 0.5) is 11.4 Å².